The summed E-state index contributed by atoms with van der Waals surface area (Å²) in [6.45, 7) is 2.01. The van der Waals surface area contributed by atoms with E-state index >= 15 is 0 Å². The van der Waals surface area contributed by atoms with Crippen LogP contribution in [0.25, 0.3) is 0 Å². The van der Waals surface area contributed by atoms with E-state index in [0.717, 1.165) is 0 Å². The number of urea groups is 1. The molecule has 2 aliphatic rings. The van der Waals surface area contributed by atoms with E-state index in [-0.39, 0.29) is 0 Å². The van der Waals surface area contributed by atoms with Crippen molar-refractivity contribution in [2.45, 2.75) is 25.4 Å². The van der Waals surface area contributed by atoms with Crippen molar-refractivity contribution in [3.63, 3.8) is 0 Å². The minimum atomic E-state index is -1.79. The molecule has 7 nitrogen and oxygen atoms in total. The molecule has 3 rings (SSSR count). The number of ether oxygens (including phenoxy) is 2. The Balaban J connectivity index is 1.67. The first kappa shape index (κ1) is 14.4. The topological polar surface area (TPSA) is 93.7 Å². The van der Waals surface area contributed by atoms with Crippen LogP contribution in [-0.4, -0.2) is 30.1 Å². The van der Waals surface area contributed by atoms with Gasteiger partial charge in [0.2, 0.25) is 0 Å². The number of carbonyl (C=O) groups excluding carboxylic acids is 3. The first-order chi connectivity index (χ1) is 10.5. The van der Waals surface area contributed by atoms with Crippen molar-refractivity contribution in [1.29, 1.82) is 0 Å². The van der Waals surface area contributed by atoms with Crippen molar-refractivity contribution in [2.24, 2.45) is 5.92 Å². The van der Waals surface area contributed by atoms with Gasteiger partial charge in [0.05, 0.1) is 6.61 Å². The van der Waals surface area contributed by atoms with E-state index in [1.807, 2.05) is 10.6 Å². The highest BCUT2D eigenvalue weighted by atomic mass is 16.5. The van der Waals surface area contributed by atoms with Gasteiger partial charge in [-0.2, -0.15) is 0 Å². The fourth-order valence-corrected chi connectivity index (χ4v) is 2.01. The number of barbiturate groups is 1. The summed E-state index contributed by atoms with van der Waals surface area (Å²) >= 11 is 0. The SMILES string of the molecule is CC1(Oc2ccc(OCC3CC3)cc2)C(=O)NC(=O)NC1=O. The highest BCUT2D eigenvalue weighted by molar-refractivity contribution is 6.21. The predicted octanol–water partition coefficient (Wildman–Crippen LogP) is 0.979. The number of hydrogen-bond acceptors (Lipinski definition) is 5. The van der Waals surface area contributed by atoms with Crippen LogP contribution in [0.3, 0.4) is 0 Å². The molecule has 0 spiro atoms. The van der Waals surface area contributed by atoms with Crippen LogP contribution in [-0.2, 0) is 9.59 Å². The number of carbonyl (C=O) groups is 3. The molecular weight excluding hydrogens is 288 g/mol. The second kappa shape index (κ2) is 5.32. The Bertz CT molecular complexity index is 601. The van der Waals surface area contributed by atoms with Crippen LogP contribution in [0, 0.1) is 5.92 Å². The number of imide groups is 2. The maximum atomic E-state index is 11.9. The van der Waals surface area contributed by atoms with E-state index in [0.29, 0.717) is 24.0 Å². The second-order valence-electron chi connectivity index (χ2n) is 5.60. The molecule has 0 bridgehead atoms. The summed E-state index contributed by atoms with van der Waals surface area (Å²) in [5.74, 6) is 0.102. The van der Waals surface area contributed by atoms with E-state index in [1.165, 1.54) is 19.8 Å². The standard InChI is InChI=1S/C15H16N2O5/c1-15(12(18)16-14(20)17-13(15)19)22-11-6-4-10(5-7-11)21-8-9-2-3-9/h4-7,9H,2-3,8H2,1H3,(H2,16,17,18,19,20). The molecule has 1 aromatic rings. The third-order valence-corrected chi connectivity index (χ3v) is 3.65. The maximum absolute atomic E-state index is 11.9. The monoisotopic (exact) mass is 304 g/mol. The average Bonchev–Trinajstić information content (AvgIpc) is 3.29. The van der Waals surface area contributed by atoms with Gasteiger partial charge < -0.3 is 9.47 Å². The van der Waals surface area contributed by atoms with E-state index in [2.05, 4.69) is 0 Å². The Kier molecular flexibility index (Phi) is 3.48. The first-order valence-electron chi connectivity index (χ1n) is 7.06. The third kappa shape index (κ3) is 2.88. The molecule has 1 aromatic carbocycles. The zero-order valence-electron chi connectivity index (χ0n) is 12.0. The normalized spacial score (nSPS) is 20.1. The van der Waals surface area contributed by atoms with Crippen LogP contribution >= 0.6 is 0 Å². The average molecular weight is 304 g/mol. The van der Waals surface area contributed by atoms with Crippen LogP contribution < -0.4 is 20.1 Å². The summed E-state index contributed by atoms with van der Waals surface area (Å²) in [6.07, 6.45) is 2.42. The highest BCUT2D eigenvalue weighted by Crippen LogP contribution is 2.30. The van der Waals surface area contributed by atoms with Gasteiger partial charge in [0.15, 0.2) is 0 Å². The Morgan fingerprint density at radius 2 is 1.59 bits per heavy atom. The van der Waals surface area contributed by atoms with Gasteiger partial charge in [0.25, 0.3) is 17.4 Å². The summed E-state index contributed by atoms with van der Waals surface area (Å²) < 4.78 is 11.1. The van der Waals surface area contributed by atoms with Crippen LogP contribution in [0.2, 0.25) is 0 Å². The lowest BCUT2D eigenvalue weighted by Crippen LogP contribution is -2.67. The Labute approximate surface area is 127 Å². The van der Waals surface area contributed by atoms with Gasteiger partial charge in [-0.1, -0.05) is 0 Å². The molecule has 22 heavy (non-hydrogen) atoms. The molecule has 2 fully saturated rings. The zero-order chi connectivity index (χ0) is 15.7. The molecule has 1 saturated carbocycles. The lowest BCUT2D eigenvalue weighted by atomic mass is 10.0. The number of hydrogen-bond donors (Lipinski definition) is 2. The van der Waals surface area contributed by atoms with Gasteiger partial charge in [0.1, 0.15) is 11.5 Å². The van der Waals surface area contributed by atoms with E-state index < -0.39 is 23.4 Å². The molecule has 7 heteroatoms. The number of amides is 4. The van der Waals surface area contributed by atoms with Gasteiger partial charge in [-0.15, -0.1) is 0 Å². The first-order valence-corrected chi connectivity index (χ1v) is 7.06. The van der Waals surface area contributed by atoms with Crippen molar-refractivity contribution in [1.82, 2.24) is 10.6 Å². The van der Waals surface area contributed by atoms with Gasteiger partial charge in [-0.05, 0) is 49.9 Å². The van der Waals surface area contributed by atoms with Crippen LogP contribution in [0.15, 0.2) is 24.3 Å². The molecular formula is C15H16N2O5. The molecule has 4 amide bonds. The molecule has 0 atom stereocenters. The number of nitrogens with one attached hydrogen (secondary N) is 2. The fraction of sp³-hybridized carbons (Fsp3) is 0.400. The molecule has 0 radical (unpaired) electrons. The predicted molar refractivity (Wildman–Crippen MR) is 75.4 cm³/mol. The molecule has 1 saturated heterocycles. The van der Waals surface area contributed by atoms with Crippen molar-refractivity contribution in [2.75, 3.05) is 6.61 Å². The van der Waals surface area contributed by atoms with Crippen molar-refractivity contribution < 1.29 is 23.9 Å². The van der Waals surface area contributed by atoms with Crippen molar-refractivity contribution in [3.8, 4) is 11.5 Å². The van der Waals surface area contributed by atoms with Gasteiger partial charge in [-0.25, -0.2) is 4.79 Å². The minimum Gasteiger partial charge on any atom is -0.493 e. The van der Waals surface area contributed by atoms with Gasteiger partial charge in [-0.3, -0.25) is 20.2 Å². The van der Waals surface area contributed by atoms with Crippen molar-refractivity contribution >= 4 is 17.8 Å². The maximum Gasteiger partial charge on any atom is 0.328 e. The summed E-state index contributed by atoms with van der Waals surface area (Å²) in [6, 6.07) is 5.81. The summed E-state index contributed by atoms with van der Waals surface area (Å²) in [7, 11) is 0. The second-order valence-corrected chi connectivity index (χ2v) is 5.60. The molecule has 116 valence electrons. The summed E-state index contributed by atoms with van der Waals surface area (Å²) in [5.41, 5.74) is -1.79. The van der Waals surface area contributed by atoms with Gasteiger partial charge in [0, 0.05) is 0 Å². The molecule has 1 aliphatic heterocycles. The Morgan fingerprint density at radius 3 is 2.14 bits per heavy atom. The van der Waals surface area contributed by atoms with Crippen molar-refractivity contribution in [3.05, 3.63) is 24.3 Å². The molecule has 0 aromatic heterocycles. The molecule has 0 unspecified atom stereocenters. The van der Waals surface area contributed by atoms with Crippen LogP contribution in [0.1, 0.15) is 19.8 Å². The Morgan fingerprint density at radius 1 is 1.05 bits per heavy atom. The quantitative estimate of drug-likeness (QED) is 0.791. The smallest absolute Gasteiger partial charge is 0.328 e. The van der Waals surface area contributed by atoms with Crippen LogP contribution in [0.5, 0.6) is 11.5 Å². The zero-order valence-corrected chi connectivity index (χ0v) is 12.0. The van der Waals surface area contributed by atoms with E-state index in [9.17, 15) is 14.4 Å². The fourth-order valence-electron chi connectivity index (χ4n) is 2.01. The summed E-state index contributed by atoms with van der Waals surface area (Å²) in [5, 5.41) is 4.02. The number of rotatable bonds is 5. The molecule has 2 N–H and O–H groups in total. The summed E-state index contributed by atoms with van der Waals surface area (Å²) in [4.78, 5) is 34.8. The lowest BCUT2D eigenvalue weighted by molar-refractivity contribution is -0.149. The minimum absolute atomic E-state index is 0.334. The Hall–Kier alpha value is -2.57. The lowest BCUT2D eigenvalue weighted by Gasteiger charge is -2.30. The largest absolute Gasteiger partial charge is 0.493 e. The van der Waals surface area contributed by atoms with Gasteiger partial charge >= 0.3 is 6.03 Å². The number of benzene rings is 1. The van der Waals surface area contributed by atoms with Crippen LogP contribution in [0.4, 0.5) is 4.79 Å². The third-order valence-electron chi connectivity index (χ3n) is 3.65. The molecule has 1 aliphatic carbocycles. The van der Waals surface area contributed by atoms with E-state index in [1.54, 1.807) is 24.3 Å². The van der Waals surface area contributed by atoms with E-state index in [4.69, 9.17) is 9.47 Å². The highest BCUT2D eigenvalue weighted by Gasteiger charge is 2.48. The molecule has 1 heterocycles.